The standard InChI is InChI=1S/C12H14N2O3/c15-12-5-7-13(8-6-12)9-10-1-3-11(4-2-10)14(16)17/h1-4H,5-9H2. The molecule has 0 spiro atoms. The Morgan fingerprint density at radius 1 is 1.18 bits per heavy atom. The minimum absolute atomic E-state index is 0.113. The van der Waals surface area contributed by atoms with Crippen molar-refractivity contribution in [2.45, 2.75) is 19.4 Å². The number of carbonyl (C=O) groups excluding carboxylic acids is 1. The quantitative estimate of drug-likeness (QED) is 0.590. The van der Waals surface area contributed by atoms with Gasteiger partial charge < -0.3 is 0 Å². The molecule has 90 valence electrons. The van der Waals surface area contributed by atoms with E-state index in [9.17, 15) is 14.9 Å². The monoisotopic (exact) mass is 234 g/mol. The second-order valence-corrected chi connectivity index (χ2v) is 4.24. The molecule has 0 unspecified atom stereocenters. The second kappa shape index (κ2) is 5.05. The molecule has 5 nitrogen and oxygen atoms in total. The van der Waals surface area contributed by atoms with Crippen molar-refractivity contribution in [3.63, 3.8) is 0 Å². The third-order valence-electron chi connectivity index (χ3n) is 2.97. The summed E-state index contributed by atoms with van der Waals surface area (Å²) in [7, 11) is 0. The predicted molar refractivity (Wildman–Crippen MR) is 62.6 cm³/mol. The average molecular weight is 234 g/mol. The van der Waals surface area contributed by atoms with Gasteiger partial charge in [-0.15, -0.1) is 0 Å². The number of ketones is 1. The number of non-ortho nitro benzene ring substituents is 1. The van der Waals surface area contributed by atoms with Gasteiger partial charge in [0.2, 0.25) is 0 Å². The number of nitro benzene ring substituents is 1. The Kier molecular flexibility index (Phi) is 3.49. The van der Waals surface area contributed by atoms with Crippen molar-refractivity contribution in [1.82, 2.24) is 4.90 Å². The lowest BCUT2D eigenvalue weighted by molar-refractivity contribution is -0.384. The zero-order valence-corrected chi connectivity index (χ0v) is 9.46. The molecule has 1 aromatic carbocycles. The topological polar surface area (TPSA) is 63.5 Å². The van der Waals surface area contributed by atoms with Gasteiger partial charge >= 0.3 is 0 Å². The lowest BCUT2D eigenvalue weighted by Crippen LogP contribution is -2.33. The summed E-state index contributed by atoms with van der Waals surface area (Å²) in [5.41, 5.74) is 1.16. The van der Waals surface area contributed by atoms with Crippen molar-refractivity contribution >= 4 is 11.5 Å². The maximum Gasteiger partial charge on any atom is 0.269 e. The van der Waals surface area contributed by atoms with Crippen molar-refractivity contribution < 1.29 is 9.72 Å². The van der Waals surface area contributed by atoms with E-state index in [4.69, 9.17) is 0 Å². The smallest absolute Gasteiger partial charge is 0.269 e. The summed E-state index contributed by atoms with van der Waals surface area (Å²) in [4.78, 5) is 23.4. The number of benzene rings is 1. The van der Waals surface area contributed by atoms with Crippen LogP contribution in [0.3, 0.4) is 0 Å². The molecule has 1 fully saturated rings. The Labute approximate surface area is 99.2 Å². The maximum absolute atomic E-state index is 11.1. The van der Waals surface area contributed by atoms with Gasteiger partial charge in [0.05, 0.1) is 4.92 Å². The van der Waals surface area contributed by atoms with Crippen LogP contribution in [-0.4, -0.2) is 28.7 Å². The second-order valence-electron chi connectivity index (χ2n) is 4.24. The number of nitrogens with zero attached hydrogens (tertiary/aromatic N) is 2. The molecule has 0 N–H and O–H groups in total. The third kappa shape index (κ3) is 3.10. The minimum Gasteiger partial charge on any atom is -0.300 e. The molecule has 0 aliphatic carbocycles. The van der Waals surface area contributed by atoms with Gasteiger partial charge in [0, 0.05) is 44.6 Å². The minimum atomic E-state index is -0.399. The molecule has 0 atom stereocenters. The molecule has 0 aromatic heterocycles. The molecule has 1 saturated heterocycles. The largest absolute Gasteiger partial charge is 0.300 e. The number of Topliss-reactive ketones (excluding diaryl/α,β-unsaturated/α-hetero) is 1. The van der Waals surface area contributed by atoms with Crippen LogP contribution in [0.1, 0.15) is 18.4 Å². The van der Waals surface area contributed by atoms with Crippen LogP contribution in [0.4, 0.5) is 5.69 Å². The zero-order chi connectivity index (χ0) is 12.3. The molecule has 5 heteroatoms. The third-order valence-corrected chi connectivity index (χ3v) is 2.97. The van der Waals surface area contributed by atoms with Gasteiger partial charge in [0.25, 0.3) is 5.69 Å². The Morgan fingerprint density at radius 3 is 2.29 bits per heavy atom. The fourth-order valence-corrected chi connectivity index (χ4v) is 1.94. The van der Waals surface area contributed by atoms with E-state index in [0.717, 1.165) is 25.2 Å². The first kappa shape index (κ1) is 11.7. The lowest BCUT2D eigenvalue weighted by atomic mass is 10.1. The summed E-state index contributed by atoms with van der Waals surface area (Å²) in [6, 6.07) is 6.58. The van der Waals surface area contributed by atoms with E-state index in [2.05, 4.69) is 4.90 Å². The van der Waals surface area contributed by atoms with E-state index in [0.29, 0.717) is 18.6 Å². The van der Waals surface area contributed by atoms with Crippen LogP contribution in [0.25, 0.3) is 0 Å². The molecule has 1 heterocycles. The first-order valence-electron chi connectivity index (χ1n) is 5.62. The molecule has 0 radical (unpaired) electrons. The number of likely N-dealkylation sites (tertiary alicyclic amines) is 1. The van der Waals surface area contributed by atoms with E-state index in [1.807, 2.05) is 0 Å². The predicted octanol–water partition coefficient (Wildman–Crippen LogP) is 1.76. The highest BCUT2D eigenvalue weighted by Gasteiger charge is 2.16. The summed E-state index contributed by atoms with van der Waals surface area (Å²) >= 11 is 0. The van der Waals surface area contributed by atoms with Crippen LogP contribution in [0, 0.1) is 10.1 Å². The molecule has 0 saturated carbocycles. The van der Waals surface area contributed by atoms with E-state index in [-0.39, 0.29) is 5.69 Å². The summed E-state index contributed by atoms with van der Waals surface area (Å²) in [6.07, 6.45) is 1.24. The Morgan fingerprint density at radius 2 is 1.76 bits per heavy atom. The fraction of sp³-hybridized carbons (Fsp3) is 0.417. The van der Waals surface area contributed by atoms with Gasteiger partial charge in [-0.05, 0) is 5.56 Å². The van der Waals surface area contributed by atoms with Crippen molar-refractivity contribution in [2.75, 3.05) is 13.1 Å². The Balaban J connectivity index is 1.95. The highest BCUT2D eigenvalue weighted by atomic mass is 16.6. The van der Waals surface area contributed by atoms with Crippen LogP contribution in [0.15, 0.2) is 24.3 Å². The lowest BCUT2D eigenvalue weighted by Gasteiger charge is -2.25. The first-order valence-corrected chi connectivity index (χ1v) is 5.62. The van der Waals surface area contributed by atoms with Gasteiger partial charge in [0.1, 0.15) is 5.78 Å². The van der Waals surface area contributed by atoms with E-state index >= 15 is 0 Å². The van der Waals surface area contributed by atoms with Gasteiger partial charge in [-0.2, -0.15) is 0 Å². The number of nitro groups is 1. The summed E-state index contributed by atoms with van der Waals surface area (Å²) in [5.74, 6) is 0.324. The molecule has 1 aromatic rings. The number of piperidine rings is 1. The maximum atomic E-state index is 11.1. The normalized spacial score (nSPS) is 17.1. The molecule has 1 aliphatic rings. The van der Waals surface area contributed by atoms with Gasteiger partial charge in [-0.25, -0.2) is 0 Å². The highest BCUT2D eigenvalue weighted by molar-refractivity contribution is 5.79. The number of hydrogen-bond acceptors (Lipinski definition) is 4. The zero-order valence-electron chi connectivity index (χ0n) is 9.46. The summed E-state index contributed by atoms with van der Waals surface area (Å²) in [5, 5.41) is 10.5. The Bertz CT molecular complexity index is 418. The van der Waals surface area contributed by atoms with Crippen LogP contribution < -0.4 is 0 Å². The van der Waals surface area contributed by atoms with Gasteiger partial charge in [-0.1, -0.05) is 12.1 Å². The molecule has 0 amide bonds. The van der Waals surface area contributed by atoms with Crippen LogP contribution in [0.5, 0.6) is 0 Å². The SMILES string of the molecule is O=C1CCN(Cc2ccc([N+](=O)[O-])cc2)CC1. The molecule has 1 aliphatic heterocycles. The average Bonchev–Trinajstić information content (AvgIpc) is 2.33. The van der Waals surface area contributed by atoms with Crippen LogP contribution in [0.2, 0.25) is 0 Å². The van der Waals surface area contributed by atoms with E-state index < -0.39 is 4.92 Å². The molecule has 0 bridgehead atoms. The molecule has 2 rings (SSSR count). The van der Waals surface area contributed by atoms with Crippen molar-refractivity contribution in [1.29, 1.82) is 0 Å². The summed E-state index contributed by atoms with van der Waals surface area (Å²) in [6.45, 7) is 2.33. The number of carbonyl (C=O) groups is 1. The first-order chi connectivity index (χ1) is 8.15. The van der Waals surface area contributed by atoms with Crippen molar-refractivity contribution in [2.24, 2.45) is 0 Å². The summed E-state index contributed by atoms with van der Waals surface area (Å²) < 4.78 is 0. The number of rotatable bonds is 3. The van der Waals surface area contributed by atoms with E-state index in [1.165, 1.54) is 12.1 Å². The molecular formula is C12H14N2O3. The Hall–Kier alpha value is -1.75. The highest BCUT2D eigenvalue weighted by Crippen LogP contribution is 2.15. The van der Waals surface area contributed by atoms with Crippen molar-refractivity contribution in [3.8, 4) is 0 Å². The van der Waals surface area contributed by atoms with E-state index in [1.54, 1.807) is 12.1 Å². The van der Waals surface area contributed by atoms with Crippen LogP contribution >= 0.6 is 0 Å². The van der Waals surface area contributed by atoms with Crippen molar-refractivity contribution in [3.05, 3.63) is 39.9 Å². The molecule has 17 heavy (non-hydrogen) atoms. The van der Waals surface area contributed by atoms with Gasteiger partial charge in [0.15, 0.2) is 0 Å². The molecular weight excluding hydrogens is 220 g/mol. The van der Waals surface area contributed by atoms with Gasteiger partial charge in [-0.3, -0.25) is 19.8 Å². The van der Waals surface area contributed by atoms with Crippen LogP contribution in [-0.2, 0) is 11.3 Å². The number of hydrogen-bond donors (Lipinski definition) is 0. The fourth-order valence-electron chi connectivity index (χ4n) is 1.94.